The van der Waals surface area contributed by atoms with E-state index in [0.717, 1.165) is 46.7 Å². The van der Waals surface area contributed by atoms with Crippen LogP contribution >= 0.6 is 0 Å². The van der Waals surface area contributed by atoms with Gasteiger partial charge in [0.25, 0.3) is 0 Å². The van der Waals surface area contributed by atoms with Crippen molar-refractivity contribution >= 4 is 27.7 Å². The van der Waals surface area contributed by atoms with Crippen LogP contribution in [0.15, 0.2) is 33.5 Å². The van der Waals surface area contributed by atoms with Crippen LogP contribution in [0.2, 0.25) is 0 Å². The molecule has 116 valence electrons. The van der Waals surface area contributed by atoms with Crippen molar-refractivity contribution in [1.29, 1.82) is 0 Å². The van der Waals surface area contributed by atoms with Gasteiger partial charge in [-0.1, -0.05) is 12.1 Å². The molecule has 23 heavy (non-hydrogen) atoms. The molecule has 0 radical (unpaired) electrons. The summed E-state index contributed by atoms with van der Waals surface area (Å²) in [7, 11) is 1.36. The van der Waals surface area contributed by atoms with Crippen LogP contribution in [-0.2, 0) is 17.6 Å². The van der Waals surface area contributed by atoms with Crippen LogP contribution in [0.4, 0.5) is 0 Å². The smallest absolute Gasteiger partial charge is 0.344 e. The molecule has 0 unspecified atom stereocenters. The maximum Gasteiger partial charge on any atom is 0.344 e. The van der Waals surface area contributed by atoms with Crippen molar-refractivity contribution in [3.05, 3.63) is 56.9 Å². The zero-order valence-electron chi connectivity index (χ0n) is 13.1. The van der Waals surface area contributed by atoms with Crippen LogP contribution in [-0.4, -0.2) is 13.1 Å². The maximum atomic E-state index is 12.4. The van der Waals surface area contributed by atoms with Gasteiger partial charge in [-0.15, -0.1) is 0 Å². The number of fused-ring (bicyclic) bond motifs is 5. The third-order valence-corrected chi connectivity index (χ3v) is 4.64. The Hall–Kier alpha value is -2.62. The molecule has 4 nitrogen and oxygen atoms in total. The van der Waals surface area contributed by atoms with Gasteiger partial charge in [0.1, 0.15) is 5.58 Å². The number of methoxy groups -OCH3 is 1. The molecule has 0 aliphatic heterocycles. The number of esters is 1. The van der Waals surface area contributed by atoms with Crippen LogP contribution < -0.4 is 5.63 Å². The highest BCUT2D eigenvalue weighted by Gasteiger charge is 2.25. The fourth-order valence-corrected chi connectivity index (χ4v) is 3.62. The van der Waals surface area contributed by atoms with Crippen LogP contribution in [0.3, 0.4) is 0 Å². The van der Waals surface area contributed by atoms with Crippen LogP contribution in [0.1, 0.15) is 33.5 Å². The minimum atomic E-state index is -0.405. The number of hydrogen-bond donors (Lipinski definition) is 0. The van der Waals surface area contributed by atoms with E-state index >= 15 is 0 Å². The minimum Gasteiger partial charge on any atom is -0.465 e. The standard InChI is InChI=1S/C19H16O4/c1-10-6-7-13-16(8-10)23-19(21)15-9-14(18(20)22-2)11-4-3-5-12(11)17(13)15/h6-9H,3-5H2,1-2H3. The van der Waals surface area contributed by atoms with Gasteiger partial charge < -0.3 is 9.15 Å². The van der Waals surface area contributed by atoms with Gasteiger partial charge in [-0.3, -0.25) is 0 Å². The van der Waals surface area contributed by atoms with Gasteiger partial charge in [0.05, 0.1) is 18.1 Å². The molecule has 1 heterocycles. The highest BCUT2D eigenvalue weighted by atomic mass is 16.5. The van der Waals surface area contributed by atoms with Crippen molar-refractivity contribution in [2.24, 2.45) is 0 Å². The average molecular weight is 308 g/mol. The Morgan fingerprint density at radius 1 is 1.13 bits per heavy atom. The molecule has 4 rings (SSSR count). The quantitative estimate of drug-likeness (QED) is 0.392. The molecule has 2 aromatic carbocycles. The zero-order chi connectivity index (χ0) is 16.1. The second kappa shape index (κ2) is 4.95. The first-order valence-corrected chi connectivity index (χ1v) is 7.70. The second-order valence-corrected chi connectivity index (χ2v) is 6.04. The van der Waals surface area contributed by atoms with Crippen molar-refractivity contribution in [3.63, 3.8) is 0 Å². The first-order chi connectivity index (χ1) is 11.1. The van der Waals surface area contributed by atoms with E-state index in [2.05, 4.69) is 0 Å². The fourth-order valence-electron chi connectivity index (χ4n) is 3.62. The summed E-state index contributed by atoms with van der Waals surface area (Å²) >= 11 is 0. The summed E-state index contributed by atoms with van der Waals surface area (Å²) in [5.41, 5.74) is 3.83. The van der Waals surface area contributed by atoms with Gasteiger partial charge in [0, 0.05) is 10.8 Å². The first-order valence-electron chi connectivity index (χ1n) is 7.70. The van der Waals surface area contributed by atoms with Gasteiger partial charge >= 0.3 is 11.6 Å². The van der Waals surface area contributed by atoms with Crippen molar-refractivity contribution in [2.45, 2.75) is 26.2 Å². The first kappa shape index (κ1) is 14.0. The summed E-state index contributed by atoms with van der Waals surface area (Å²) in [4.78, 5) is 24.5. The van der Waals surface area contributed by atoms with Gasteiger partial charge in [0.2, 0.25) is 0 Å². The number of carbonyl (C=O) groups is 1. The van der Waals surface area contributed by atoms with E-state index < -0.39 is 11.6 Å². The normalized spacial score (nSPS) is 13.5. The van der Waals surface area contributed by atoms with E-state index in [-0.39, 0.29) is 0 Å². The molecule has 0 bridgehead atoms. The largest absolute Gasteiger partial charge is 0.465 e. The summed E-state index contributed by atoms with van der Waals surface area (Å²) in [5.74, 6) is -0.395. The Bertz CT molecular complexity index is 1030. The summed E-state index contributed by atoms with van der Waals surface area (Å²) in [6.45, 7) is 1.97. The van der Waals surface area contributed by atoms with Crippen molar-refractivity contribution in [1.82, 2.24) is 0 Å². The molecule has 1 aliphatic rings. The van der Waals surface area contributed by atoms with Crippen LogP contribution in [0.5, 0.6) is 0 Å². The van der Waals surface area contributed by atoms with Gasteiger partial charge in [0.15, 0.2) is 0 Å². The molecule has 4 heteroatoms. The SMILES string of the molecule is COC(=O)c1cc2c(=O)oc3cc(C)ccc3c2c2c1CCC2. The highest BCUT2D eigenvalue weighted by Crippen LogP contribution is 2.36. The van der Waals surface area contributed by atoms with Crippen molar-refractivity contribution in [2.75, 3.05) is 7.11 Å². The molecule has 1 aromatic heterocycles. The van der Waals surface area contributed by atoms with E-state index in [1.807, 2.05) is 25.1 Å². The van der Waals surface area contributed by atoms with Crippen LogP contribution in [0.25, 0.3) is 21.7 Å². The molecule has 0 fully saturated rings. The van der Waals surface area contributed by atoms with E-state index in [1.54, 1.807) is 6.07 Å². The molecule has 0 spiro atoms. The van der Waals surface area contributed by atoms with Crippen LogP contribution in [0, 0.1) is 6.92 Å². The molecule has 0 atom stereocenters. The number of benzene rings is 2. The lowest BCUT2D eigenvalue weighted by Gasteiger charge is -2.12. The molecule has 0 N–H and O–H groups in total. The summed E-state index contributed by atoms with van der Waals surface area (Å²) in [5, 5.41) is 2.32. The third-order valence-electron chi connectivity index (χ3n) is 4.64. The van der Waals surface area contributed by atoms with Crippen molar-refractivity contribution < 1.29 is 13.9 Å². The number of carbonyl (C=O) groups excluding carboxylic acids is 1. The highest BCUT2D eigenvalue weighted by molar-refractivity contribution is 6.09. The van der Waals surface area contributed by atoms with E-state index in [1.165, 1.54) is 7.11 Å². The molecular formula is C19H16O4. The molecular weight excluding hydrogens is 292 g/mol. The monoisotopic (exact) mass is 308 g/mol. The topological polar surface area (TPSA) is 56.5 Å². The average Bonchev–Trinajstić information content (AvgIpc) is 3.02. The lowest BCUT2D eigenvalue weighted by atomic mass is 9.94. The Kier molecular flexibility index (Phi) is 3.01. The maximum absolute atomic E-state index is 12.4. The molecule has 0 saturated carbocycles. The Morgan fingerprint density at radius 3 is 2.70 bits per heavy atom. The number of aryl methyl sites for hydroxylation is 2. The predicted molar refractivity (Wildman–Crippen MR) is 88.1 cm³/mol. The molecule has 1 aliphatic carbocycles. The summed E-state index contributed by atoms with van der Waals surface area (Å²) in [6, 6.07) is 7.52. The van der Waals surface area contributed by atoms with Crippen molar-refractivity contribution in [3.8, 4) is 0 Å². The Labute approximate surface area is 132 Å². The number of hydrogen-bond acceptors (Lipinski definition) is 4. The lowest BCUT2D eigenvalue weighted by Crippen LogP contribution is -2.09. The minimum absolute atomic E-state index is 0.395. The summed E-state index contributed by atoms with van der Waals surface area (Å²) in [6.07, 6.45) is 2.68. The van der Waals surface area contributed by atoms with E-state index in [9.17, 15) is 9.59 Å². The predicted octanol–water partition coefficient (Wildman–Crippen LogP) is 3.53. The fraction of sp³-hybridized carbons (Fsp3) is 0.263. The second-order valence-electron chi connectivity index (χ2n) is 6.04. The molecule has 3 aromatic rings. The number of ether oxygens (including phenoxy) is 1. The van der Waals surface area contributed by atoms with Gasteiger partial charge in [-0.05, 0) is 55.0 Å². The van der Waals surface area contributed by atoms with Gasteiger partial charge in [-0.2, -0.15) is 0 Å². The Balaban J connectivity index is 2.22. The van der Waals surface area contributed by atoms with E-state index in [0.29, 0.717) is 16.5 Å². The van der Waals surface area contributed by atoms with E-state index in [4.69, 9.17) is 9.15 Å². The summed E-state index contributed by atoms with van der Waals surface area (Å²) < 4.78 is 10.4. The molecule has 0 amide bonds. The number of rotatable bonds is 1. The zero-order valence-corrected chi connectivity index (χ0v) is 13.1. The lowest BCUT2D eigenvalue weighted by molar-refractivity contribution is 0.0600. The third kappa shape index (κ3) is 1.98. The molecule has 0 saturated heterocycles. The Morgan fingerprint density at radius 2 is 1.91 bits per heavy atom. The van der Waals surface area contributed by atoms with Gasteiger partial charge in [-0.25, -0.2) is 9.59 Å².